The van der Waals surface area contributed by atoms with Crippen molar-refractivity contribution in [1.29, 1.82) is 0 Å². The molecule has 0 N–H and O–H groups in total. The van der Waals surface area contributed by atoms with E-state index in [9.17, 15) is 4.79 Å². The number of likely N-dealkylation sites (tertiary alicyclic amines) is 1. The fourth-order valence-corrected chi connectivity index (χ4v) is 4.73. The molecule has 1 saturated heterocycles. The van der Waals surface area contributed by atoms with Crippen molar-refractivity contribution in [2.24, 2.45) is 5.92 Å². The average Bonchev–Trinajstić information content (AvgIpc) is 3.44. The Morgan fingerprint density at radius 2 is 1.92 bits per heavy atom. The molecule has 1 aromatic rings. The van der Waals surface area contributed by atoms with Crippen LogP contribution in [0.15, 0.2) is 24.3 Å². The lowest BCUT2D eigenvalue weighted by Gasteiger charge is -2.51. The van der Waals surface area contributed by atoms with E-state index in [2.05, 4.69) is 41.1 Å². The number of piperidine rings is 1. The normalized spacial score (nSPS) is 23.4. The van der Waals surface area contributed by atoms with Crippen LogP contribution in [-0.2, 0) is 16.8 Å². The van der Waals surface area contributed by atoms with Crippen LogP contribution in [0, 0.1) is 5.92 Å². The number of carbonyl (C=O) groups is 1. The van der Waals surface area contributed by atoms with Gasteiger partial charge in [-0.05, 0) is 56.2 Å². The second-order valence-electron chi connectivity index (χ2n) is 8.35. The van der Waals surface area contributed by atoms with E-state index < -0.39 is 0 Å². The van der Waals surface area contributed by atoms with Gasteiger partial charge >= 0.3 is 0 Å². The summed E-state index contributed by atoms with van der Waals surface area (Å²) in [5, 5.41) is 0. The molecule has 1 spiro atoms. The molecule has 0 aromatic heterocycles. The molecule has 0 radical (unpaired) electrons. The summed E-state index contributed by atoms with van der Waals surface area (Å²) in [6, 6.07) is 8.98. The van der Waals surface area contributed by atoms with Gasteiger partial charge in [-0.1, -0.05) is 24.3 Å². The van der Waals surface area contributed by atoms with Gasteiger partial charge in [-0.15, -0.1) is 0 Å². The molecule has 4 heteroatoms. The smallest absolute Gasteiger partial charge is 0.236 e. The largest absolute Gasteiger partial charge is 0.344 e. The first-order valence-corrected chi connectivity index (χ1v) is 9.84. The van der Waals surface area contributed by atoms with Gasteiger partial charge in [0.25, 0.3) is 0 Å². The van der Waals surface area contributed by atoms with Crippen molar-refractivity contribution in [1.82, 2.24) is 14.7 Å². The van der Waals surface area contributed by atoms with Crippen molar-refractivity contribution >= 4 is 5.91 Å². The number of carbonyl (C=O) groups excluding carboxylic acids is 1. The van der Waals surface area contributed by atoms with Crippen LogP contribution in [0.5, 0.6) is 0 Å². The molecule has 136 valence electrons. The van der Waals surface area contributed by atoms with Crippen LogP contribution >= 0.6 is 0 Å². The van der Waals surface area contributed by atoms with Crippen molar-refractivity contribution in [2.75, 3.05) is 46.8 Å². The van der Waals surface area contributed by atoms with Crippen molar-refractivity contribution in [3.63, 3.8) is 0 Å². The number of nitrogens with zero attached hydrogens (tertiary/aromatic N) is 3. The maximum atomic E-state index is 12.5. The molecule has 0 bridgehead atoms. The van der Waals surface area contributed by atoms with E-state index in [0.717, 1.165) is 51.4 Å². The zero-order valence-electron chi connectivity index (χ0n) is 15.7. The quantitative estimate of drug-likeness (QED) is 0.841. The standard InChI is InChI=1S/C21H31N3O/c1-22(15-17-7-8-17)20(25)16-24-13-10-21(11-14-24)19-6-4-3-5-18(19)9-12-23(21)2/h3-6,17H,7-16H2,1-2H3. The SMILES string of the molecule is CN(CC1CC1)C(=O)CN1CCC2(CC1)c1ccccc1CCN2C. The second-order valence-corrected chi connectivity index (χ2v) is 8.35. The lowest BCUT2D eigenvalue weighted by Crippen LogP contribution is -2.55. The summed E-state index contributed by atoms with van der Waals surface area (Å²) in [5.41, 5.74) is 3.23. The highest BCUT2D eigenvalue weighted by atomic mass is 16.2. The first-order chi connectivity index (χ1) is 12.1. The van der Waals surface area contributed by atoms with Crippen molar-refractivity contribution in [3.05, 3.63) is 35.4 Å². The number of amides is 1. The predicted octanol–water partition coefficient (Wildman–Crippen LogP) is 2.33. The van der Waals surface area contributed by atoms with Gasteiger partial charge < -0.3 is 4.90 Å². The lowest BCUT2D eigenvalue weighted by molar-refractivity contribution is -0.132. The Labute approximate surface area is 151 Å². The van der Waals surface area contributed by atoms with Crippen LogP contribution < -0.4 is 0 Å². The minimum absolute atomic E-state index is 0.175. The summed E-state index contributed by atoms with van der Waals surface area (Å²) >= 11 is 0. The van der Waals surface area contributed by atoms with Crippen LogP contribution in [0.25, 0.3) is 0 Å². The molecular formula is C21H31N3O. The number of hydrogen-bond acceptors (Lipinski definition) is 3. The topological polar surface area (TPSA) is 26.8 Å². The van der Waals surface area contributed by atoms with Crippen LogP contribution in [-0.4, -0.2) is 67.4 Å². The molecule has 2 aliphatic heterocycles. The maximum Gasteiger partial charge on any atom is 0.236 e. The first-order valence-electron chi connectivity index (χ1n) is 9.84. The zero-order chi connectivity index (χ0) is 17.4. The summed E-state index contributed by atoms with van der Waals surface area (Å²) in [5.74, 6) is 1.06. The second kappa shape index (κ2) is 6.73. The summed E-state index contributed by atoms with van der Waals surface area (Å²) < 4.78 is 0. The van der Waals surface area contributed by atoms with E-state index >= 15 is 0 Å². The molecule has 4 nitrogen and oxygen atoms in total. The Morgan fingerprint density at radius 1 is 1.20 bits per heavy atom. The Kier molecular flexibility index (Phi) is 4.59. The zero-order valence-corrected chi connectivity index (χ0v) is 15.7. The number of benzene rings is 1. The number of fused-ring (bicyclic) bond motifs is 2. The van der Waals surface area contributed by atoms with E-state index in [1.807, 2.05) is 11.9 Å². The van der Waals surface area contributed by atoms with Crippen LogP contribution in [0.2, 0.25) is 0 Å². The van der Waals surface area contributed by atoms with Crippen LogP contribution in [0.3, 0.4) is 0 Å². The monoisotopic (exact) mass is 341 g/mol. The molecule has 1 aliphatic carbocycles. The third-order valence-electron chi connectivity index (χ3n) is 6.66. The van der Waals surface area contributed by atoms with Crippen molar-refractivity contribution in [3.8, 4) is 0 Å². The molecule has 4 rings (SSSR count). The highest BCUT2D eigenvalue weighted by Crippen LogP contribution is 2.42. The first kappa shape index (κ1) is 17.0. The Morgan fingerprint density at radius 3 is 2.64 bits per heavy atom. The minimum atomic E-state index is 0.175. The van der Waals surface area contributed by atoms with Gasteiger partial charge in [-0.2, -0.15) is 0 Å². The number of hydrogen-bond donors (Lipinski definition) is 0. The van der Waals surface area contributed by atoms with Gasteiger partial charge in [0.1, 0.15) is 0 Å². The van der Waals surface area contributed by atoms with E-state index in [1.165, 1.54) is 24.0 Å². The molecule has 1 aromatic carbocycles. The van der Waals surface area contributed by atoms with Gasteiger partial charge in [0, 0.05) is 38.8 Å². The number of rotatable bonds is 4. The molecule has 25 heavy (non-hydrogen) atoms. The molecule has 0 atom stereocenters. The van der Waals surface area contributed by atoms with Gasteiger partial charge in [0.05, 0.1) is 6.54 Å². The highest BCUT2D eigenvalue weighted by Gasteiger charge is 2.43. The van der Waals surface area contributed by atoms with Crippen LogP contribution in [0.1, 0.15) is 36.8 Å². The summed E-state index contributed by atoms with van der Waals surface area (Å²) in [6.07, 6.45) is 6.01. The fraction of sp³-hybridized carbons (Fsp3) is 0.667. The third kappa shape index (κ3) is 3.34. The third-order valence-corrected chi connectivity index (χ3v) is 6.66. The molecular weight excluding hydrogens is 310 g/mol. The molecule has 2 heterocycles. The molecule has 1 saturated carbocycles. The Balaban J connectivity index is 1.40. The number of likely N-dealkylation sites (N-methyl/N-ethyl adjacent to an activating group) is 2. The molecule has 0 unspecified atom stereocenters. The Bertz CT molecular complexity index is 632. The lowest BCUT2D eigenvalue weighted by atomic mass is 9.74. The molecule has 2 fully saturated rings. The minimum Gasteiger partial charge on any atom is -0.344 e. The summed E-state index contributed by atoms with van der Waals surface area (Å²) in [4.78, 5) is 19.4. The molecule has 3 aliphatic rings. The average molecular weight is 341 g/mol. The van der Waals surface area contributed by atoms with Gasteiger partial charge in [0.2, 0.25) is 5.91 Å². The summed E-state index contributed by atoms with van der Waals surface area (Å²) in [7, 11) is 4.25. The van der Waals surface area contributed by atoms with E-state index in [0.29, 0.717) is 12.5 Å². The Hall–Kier alpha value is -1.39. The maximum absolute atomic E-state index is 12.5. The van der Waals surface area contributed by atoms with E-state index in [1.54, 1.807) is 0 Å². The van der Waals surface area contributed by atoms with Crippen LogP contribution in [0.4, 0.5) is 0 Å². The van der Waals surface area contributed by atoms with E-state index in [-0.39, 0.29) is 5.54 Å². The van der Waals surface area contributed by atoms with Crippen molar-refractivity contribution < 1.29 is 4.79 Å². The van der Waals surface area contributed by atoms with Crippen molar-refractivity contribution in [2.45, 2.75) is 37.6 Å². The predicted molar refractivity (Wildman–Crippen MR) is 100 cm³/mol. The van der Waals surface area contributed by atoms with Gasteiger partial charge in [0.15, 0.2) is 0 Å². The van der Waals surface area contributed by atoms with Gasteiger partial charge in [-0.3, -0.25) is 14.6 Å². The van der Waals surface area contributed by atoms with Gasteiger partial charge in [-0.25, -0.2) is 0 Å². The fourth-order valence-electron chi connectivity index (χ4n) is 4.73. The summed E-state index contributed by atoms with van der Waals surface area (Å²) in [6.45, 7) is 4.71. The van der Waals surface area contributed by atoms with E-state index in [4.69, 9.17) is 0 Å². The highest BCUT2D eigenvalue weighted by molar-refractivity contribution is 5.78. The molecule has 1 amide bonds.